The van der Waals surface area contributed by atoms with Crippen molar-refractivity contribution in [2.24, 2.45) is 0 Å². The highest BCUT2D eigenvalue weighted by Gasteiger charge is 2.14. The van der Waals surface area contributed by atoms with Crippen molar-refractivity contribution in [3.8, 4) is 0 Å². The normalized spacial score (nSPS) is 11.2. The molecule has 0 spiro atoms. The predicted octanol–water partition coefficient (Wildman–Crippen LogP) is 3.24. The first-order valence-electron chi connectivity index (χ1n) is 7.61. The maximum absolute atomic E-state index is 12.4. The summed E-state index contributed by atoms with van der Waals surface area (Å²) in [5.74, 6) is 1.28. The van der Waals surface area contributed by atoms with Gasteiger partial charge >= 0.3 is 0 Å². The zero-order chi connectivity index (χ0) is 16.7. The van der Waals surface area contributed by atoms with Gasteiger partial charge in [0.15, 0.2) is 0 Å². The number of nitrogens with zero attached hydrogens (tertiary/aromatic N) is 2. The van der Waals surface area contributed by atoms with Gasteiger partial charge in [0.25, 0.3) is 5.91 Å². The number of rotatable bonds is 8. The summed E-state index contributed by atoms with van der Waals surface area (Å²) in [7, 11) is 0. The molecular formula is C16H24Cl2N4O2S. The highest BCUT2D eigenvalue weighted by molar-refractivity contribution is 7.98. The number of carbonyl (C=O) groups is 1. The molecule has 0 aliphatic carbocycles. The van der Waals surface area contributed by atoms with Crippen LogP contribution in [-0.4, -0.2) is 35.2 Å². The van der Waals surface area contributed by atoms with Crippen LogP contribution in [0.15, 0.2) is 33.9 Å². The minimum atomic E-state index is -0.110. The van der Waals surface area contributed by atoms with Gasteiger partial charge in [-0.1, -0.05) is 23.8 Å². The molecule has 0 saturated carbocycles. The van der Waals surface area contributed by atoms with Crippen LogP contribution >= 0.6 is 36.6 Å². The Morgan fingerprint density at radius 1 is 1.40 bits per heavy atom. The monoisotopic (exact) mass is 406 g/mol. The van der Waals surface area contributed by atoms with Crippen LogP contribution in [0.5, 0.6) is 0 Å². The Morgan fingerprint density at radius 3 is 2.80 bits per heavy atom. The van der Waals surface area contributed by atoms with Gasteiger partial charge in [0, 0.05) is 30.6 Å². The van der Waals surface area contributed by atoms with Gasteiger partial charge in [0.05, 0.1) is 11.3 Å². The molecule has 0 unspecified atom stereocenters. The summed E-state index contributed by atoms with van der Waals surface area (Å²) in [5.41, 5.74) is 1.42. The molecule has 140 valence electrons. The number of aromatic nitrogens is 2. The lowest BCUT2D eigenvalue weighted by Crippen LogP contribution is -2.39. The van der Waals surface area contributed by atoms with Crippen LogP contribution < -0.4 is 10.6 Å². The Hall–Kier alpha value is -1.28. The van der Waals surface area contributed by atoms with E-state index in [0.717, 1.165) is 18.0 Å². The first-order valence-corrected chi connectivity index (χ1v) is 8.60. The first-order chi connectivity index (χ1) is 11.1. The quantitative estimate of drug-likeness (QED) is 0.654. The number of pyridine rings is 1. The lowest BCUT2D eigenvalue weighted by molar-refractivity contribution is 0.0946. The molecule has 0 bridgehead atoms. The van der Waals surface area contributed by atoms with Gasteiger partial charge in [-0.15, -0.1) is 24.8 Å². The van der Waals surface area contributed by atoms with Crippen LogP contribution in [0.2, 0.25) is 0 Å². The van der Waals surface area contributed by atoms with E-state index in [1.165, 1.54) is 11.8 Å². The van der Waals surface area contributed by atoms with Gasteiger partial charge < -0.3 is 15.2 Å². The number of amides is 1. The summed E-state index contributed by atoms with van der Waals surface area (Å²) < 4.78 is 5.05. The molecule has 9 heteroatoms. The lowest BCUT2D eigenvalue weighted by atomic mass is 10.2. The summed E-state index contributed by atoms with van der Waals surface area (Å²) >= 11 is 1.48. The third-order valence-corrected chi connectivity index (χ3v) is 4.21. The van der Waals surface area contributed by atoms with Crippen molar-refractivity contribution in [1.29, 1.82) is 0 Å². The van der Waals surface area contributed by atoms with Crippen LogP contribution in [0.3, 0.4) is 0 Å². The van der Waals surface area contributed by atoms with Crippen molar-refractivity contribution >= 4 is 42.5 Å². The van der Waals surface area contributed by atoms with E-state index in [4.69, 9.17) is 4.52 Å². The smallest absolute Gasteiger partial charge is 0.254 e. The van der Waals surface area contributed by atoms with E-state index in [1.807, 2.05) is 26.8 Å². The zero-order valence-electron chi connectivity index (χ0n) is 14.4. The minimum absolute atomic E-state index is 0. The van der Waals surface area contributed by atoms with Gasteiger partial charge in [-0.25, -0.2) is 4.98 Å². The number of carbonyl (C=O) groups excluding carboxylic acids is 1. The maximum Gasteiger partial charge on any atom is 0.254 e. The Labute approximate surface area is 164 Å². The standard InChI is InChI=1S/C16H22N4O2S.2ClH/c1-4-17-11(2)9-19-15(21)14-6-5-7-18-16(14)23-10-13-8-12(3)22-20-13;;/h5-8,11,17H,4,9-10H2,1-3H3,(H,19,21);2*1H/t11-;;/m1../s1. The minimum Gasteiger partial charge on any atom is -0.361 e. The van der Waals surface area contributed by atoms with Crippen LogP contribution in [0.4, 0.5) is 0 Å². The third-order valence-electron chi connectivity index (χ3n) is 3.17. The SMILES string of the molecule is CCN[C@H](C)CNC(=O)c1cccnc1SCc1cc(C)on1.Cl.Cl. The molecule has 2 aromatic heterocycles. The van der Waals surface area contributed by atoms with E-state index in [2.05, 4.69) is 20.8 Å². The summed E-state index contributed by atoms with van der Waals surface area (Å²) in [6.07, 6.45) is 1.69. The summed E-state index contributed by atoms with van der Waals surface area (Å²) in [6, 6.07) is 5.67. The van der Waals surface area contributed by atoms with Crippen molar-refractivity contribution in [2.45, 2.75) is 37.6 Å². The van der Waals surface area contributed by atoms with Gasteiger partial charge in [-0.3, -0.25) is 4.79 Å². The molecule has 0 fully saturated rings. The second kappa shape index (κ2) is 12.1. The largest absolute Gasteiger partial charge is 0.361 e. The number of hydrogen-bond acceptors (Lipinski definition) is 6. The van der Waals surface area contributed by atoms with E-state index >= 15 is 0 Å². The highest BCUT2D eigenvalue weighted by atomic mass is 35.5. The summed E-state index contributed by atoms with van der Waals surface area (Å²) in [5, 5.41) is 10.8. The zero-order valence-corrected chi connectivity index (χ0v) is 16.9. The second-order valence-corrected chi connectivity index (χ2v) is 6.21. The van der Waals surface area contributed by atoms with Crippen molar-refractivity contribution in [1.82, 2.24) is 20.8 Å². The molecule has 2 N–H and O–H groups in total. The fourth-order valence-corrected chi connectivity index (χ4v) is 2.94. The van der Waals surface area contributed by atoms with E-state index in [-0.39, 0.29) is 36.8 Å². The van der Waals surface area contributed by atoms with E-state index in [9.17, 15) is 4.79 Å². The number of halogens is 2. The Balaban J connectivity index is 0.00000288. The first kappa shape index (κ1) is 23.7. The molecule has 0 aliphatic heterocycles. The molecule has 0 saturated heterocycles. The van der Waals surface area contributed by atoms with E-state index in [0.29, 0.717) is 22.9 Å². The van der Waals surface area contributed by atoms with Crippen molar-refractivity contribution in [3.05, 3.63) is 41.4 Å². The topological polar surface area (TPSA) is 80.0 Å². The number of thioether (sulfide) groups is 1. The van der Waals surface area contributed by atoms with Crippen LogP contribution in [0, 0.1) is 6.92 Å². The highest BCUT2D eigenvalue weighted by Crippen LogP contribution is 2.24. The summed E-state index contributed by atoms with van der Waals surface area (Å²) in [6.45, 7) is 7.39. The average Bonchev–Trinajstić information content (AvgIpc) is 2.97. The molecule has 1 amide bonds. The van der Waals surface area contributed by atoms with Crippen LogP contribution in [-0.2, 0) is 5.75 Å². The average molecular weight is 407 g/mol. The van der Waals surface area contributed by atoms with Gasteiger partial charge in [-0.2, -0.15) is 0 Å². The molecule has 2 aromatic rings. The Morgan fingerprint density at radius 2 is 2.16 bits per heavy atom. The number of likely N-dealkylation sites (N-methyl/N-ethyl adjacent to an activating group) is 1. The predicted molar refractivity (Wildman–Crippen MR) is 105 cm³/mol. The number of hydrogen-bond donors (Lipinski definition) is 2. The molecule has 2 heterocycles. The van der Waals surface area contributed by atoms with Crippen molar-refractivity contribution in [3.63, 3.8) is 0 Å². The summed E-state index contributed by atoms with van der Waals surface area (Å²) in [4.78, 5) is 16.7. The molecule has 0 aliphatic rings. The molecule has 25 heavy (non-hydrogen) atoms. The number of nitrogens with one attached hydrogen (secondary N) is 2. The van der Waals surface area contributed by atoms with E-state index < -0.39 is 0 Å². The van der Waals surface area contributed by atoms with Gasteiger partial charge in [0.2, 0.25) is 0 Å². The lowest BCUT2D eigenvalue weighted by Gasteiger charge is -2.14. The molecule has 0 aromatic carbocycles. The fourth-order valence-electron chi connectivity index (χ4n) is 2.07. The molecule has 6 nitrogen and oxygen atoms in total. The van der Waals surface area contributed by atoms with Gasteiger partial charge in [-0.05, 0) is 32.5 Å². The second-order valence-electron chi connectivity index (χ2n) is 5.24. The fraction of sp³-hybridized carbons (Fsp3) is 0.438. The third kappa shape index (κ3) is 7.64. The molecular weight excluding hydrogens is 383 g/mol. The van der Waals surface area contributed by atoms with Crippen molar-refractivity contribution in [2.75, 3.05) is 13.1 Å². The van der Waals surface area contributed by atoms with Crippen LogP contribution in [0.1, 0.15) is 35.7 Å². The Bertz CT molecular complexity index is 655. The van der Waals surface area contributed by atoms with Crippen molar-refractivity contribution < 1.29 is 9.32 Å². The Kier molecular flexibility index (Phi) is 11.5. The van der Waals surface area contributed by atoms with Gasteiger partial charge in [0.1, 0.15) is 10.8 Å². The molecule has 2 rings (SSSR count). The molecule has 0 radical (unpaired) electrons. The maximum atomic E-state index is 12.4. The molecule has 1 atom stereocenters. The van der Waals surface area contributed by atoms with E-state index in [1.54, 1.807) is 18.3 Å². The van der Waals surface area contributed by atoms with Crippen LogP contribution in [0.25, 0.3) is 0 Å². The number of aryl methyl sites for hydroxylation is 1.